The number of carbonyl (C=O) groups is 3. The Labute approximate surface area is 355 Å². The minimum Gasteiger partial charge on any atom is -0.480 e. The molecular formula is C46H76NO11P. The Morgan fingerprint density at radius 2 is 1.14 bits per heavy atom. The summed E-state index contributed by atoms with van der Waals surface area (Å²) in [4.78, 5) is 45.9. The van der Waals surface area contributed by atoms with Crippen molar-refractivity contribution in [2.75, 3.05) is 19.8 Å². The van der Waals surface area contributed by atoms with E-state index >= 15 is 0 Å². The monoisotopic (exact) mass is 850 g/mol. The summed E-state index contributed by atoms with van der Waals surface area (Å²) in [5, 5.41) is 8.89. The second-order valence-corrected chi connectivity index (χ2v) is 16.3. The predicted molar refractivity (Wildman–Crippen MR) is 235 cm³/mol. The maximum atomic E-state index is 12.6. The Kier molecular flexibility index (Phi) is 33.5. The molecule has 1 heterocycles. The van der Waals surface area contributed by atoms with Crippen molar-refractivity contribution >= 4 is 25.7 Å². The molecule has 1 aliphatic heterocycles. The van der Waals surface area contributed by atoms with Crippen LogP contribution in [0, 0.1) is 0 Å². The molecule has 3 unspecified atom stereocenters. The number of unbranched alkanes of at least 4 members (excludes halogenated alkanes) is 11. The zero-order chi connectivity index (χ0) is 43.2. The molecule has 1 rings (SSSR count). The molecule has 1 fully saturated rings. The van der Waals surface area contributed by atoms with Gasteiger partial charge in [-0.15, -0.1) is 0 Å². The Morgan fingerprint density at radius 3 is 1.73 bits per heavy atom. The van der Waals surface area contributed by atoms with Gasteiger partial charge in [-0.2, -0.15) is 0 Å². The molecule has 1 saturated heterocycles. The zero-order valence-electron chi connectivity index (χ0n) is 36.0. The van der Waals surface area contributed by atoms with E-state index in [1.165, 1.54) is 51.4 Å². The van der Waals surface area contributed by atoms with Gasteiger partial charge < -0.3 is 29.9 Å². The molecule has 0 aromatic heterocycles. The molecule has 12 nitrogen and oxygen atoms in total. The van der Waals surface area contributed by atoms with Crippen LogP contribution in [0.25, 0.3) is 0 Å². The Morgan fingerprint density at radius 1 is 0.627 bits per heavy atom. The minimum atomic E-state index is -4.74. The van der Waals surface area contributed by atoms with Crippen LogP contribution in [0.2, 0.25) is 0 Å². The second-order valence-electron chi connectivity index (χ2n) is 14.8. The first kappa shape index (κ1) is 53.9. The highest BCUT2D eigenvalue weighted by molar-refractivity contribution is 7.47. The van der Waals surface area contributed by atoms with E-state index in [0.717, 1.165) is 57.8 Å². The third kappa shape index (κ3) is 34.3. The fourth-order valence-electron chi connectivity index (χ4n) is 5.77. The molecule has 4 N–H and O–H groups in total. The van der Waals surface area contributed by atoms with Crippen molar-refractivity contribution in [1.82, 2.24) is 0 Å². The van der Waals surface area contributed by atoms with Crippen molar-refractivity contribution < 1.29 is 52.2 Å². The maximum absolute atomic E-state index is 12.6. The van der Waals surface area contributed by atoms with Crippen LogP contribution in [0.1, 0.15) is 155 Å². The average molecular weight is 850 g/mol. The molecule has 59 heavy (non-hydrogen) atoms. The summed E-state index contributed by atoms with van der Waals surface area (Å²) in [6.07, 6.45) is 45.9. The molecule has 0 saturated carbocycles. The number of carbonyl (C=O) groups excluding carboxylic acids is 2. The molecule has 5 atom stereocenters. The SMILES string of the molecule is CC/C=C\CC1OC1C/C=C\C/C=C\C/C=C\C/C=C\CCC(=O)O[C@H](COC(=O)CCCCCCCCC/C=C\CCCCCC)COP(=O)(O)OC[C@H](N)C(=O)O. The highest BCUT2D eigenvalue weighted by atomic mass is 31.2. The first-order valence-electron chi connectivity index (χ1n) is 22.1. The second kappa shape index (κ2) is 36.7. The highest BCUT2D eigenvalue weighted by Crippen LogP contribution is 2.43. The van der Waals surface area contributed by atoms with Crippen molar-refractivity contribution in [2.45, 2.75) is 179 Å². The number of allylic oxidation sites excluding steroid dienone is 10. The van der Waals surface area contributed by atoms with E-state index in [1.807, 2.05) is 18.2 Å². The number of ether oxygens (including phenoxy) is 3. The number of phosphoric ester groups is 1. The zero-order valence-corrected chi connectivity index (χ0v) is 36.9. The Balaban J connectivity index is 2.33. The molecule has 0 radical (unpaired) electrons. The van der Waals surface area contributed by atoms with E-state index in [4.69, 9.17) is 29.6 Å². The van der Waals surface area contributed by atoms with Gasteiger partial charge in [0, 0.05) is 12.8 Å². The van der Waals surface area contributed by atoms with Crippen LogP contribution < -0.4 is 5.73 Å². The minimum absolute atomic E-state index is 0.0287. The highest BCUT2D eigenvalue weighted by Gasteiger charge is 2.36. The number of aliphatic carboxylic acids is 1. The van der Waals surface area contributed by atoms with Gasteiger partial charge in [0.25, 0.3) is 0 Å². The Hall–Kier alpha value is -3.12. The van der Waals surface area contributed by atoms with E-state index in [2.05, 4.69) is 73.1 Å². The topological polar surface area (TPSA) is 184 Å². The quantitative estimate of drug-likeness (QED) is 0.0175. The molecule has 0 bridgehead atoms. The number of rotatable bonds is 39. The van der Waals surface area contributed by atoms with Crippen molar-refractivity contribution in [1.29, 1.82) is 0 Å². The van der Waals surface area contributed by atoms with Gasteiger partial charge in [-0.1, -0.05) is 138 Å². The number of carboxylic acid groups (broad SMARTS) is 1. The van der Waals surface area contributed by atoms with Gasteiger partial charge in [0.1, 0.15) is 12.6 Å². The van der Waals surface area contributed by atoms with E-state index in [1.54, 1.807) is 0 Å². The van der Waals surface area contributed by atoms with Crippen molar-refractivity contribution in [3.8, 4) is 0 Å². The lowest BCUT2D eigenvalue weighted by atomic mass is 10.1. The molecule has 0 aromatic rings. The lowest BCUT2D eigenvalue weighted by molar-refractivity contribution is -0.161. The number of hydrogen-bond acceptors (Lipinski definition) is 10. The molecule has 0 aliphatic carbocycles. The van der Waals surface area contributed by atoms with Crippen LogP contribution in [0.3, 0.4) is 0 Å². The van der Waals surface area contributed by atoms with Crippen LogP contribution in [0.5, 0.6) is 0 Å². The van der Waals surface area contributed by atoms with Crippen LogP contribution in [0.15, 0.2) is 72.9 Å². The summed E-state index contributed by atoms with van der Waals surface area (Å²) >= 11 is 0. The van der Waals surface area contributed by atoms with Crippen molar-refractivity contribution in [2.24, 2.45) is 5.73 Å². The summed E-state index contributed by atoms with van der Waals surface area (Å²) in [6, 6.07) is -1.54. The molecule has 0 amide bonds. The molecule has 336 valence electrons. The van der Waals surface area contributed by atoms with Crippen LogP contribution in [0.4, 0.5) is 0 Å². The summed E-state index contributed by atoms with van der Waals surface area (Å²) in [5.41, 5.74) is 5.33. The lowest BCUT2D eigenvalue weighted by Gasteiger charge is -2.20. The van der Waals surface area contributed by atoms with Gasteiger partial charge in [0.15, 0.2) is 6.10 Å². The third-order valence-corrected chi connectivity index (χ3v) is 10.3. The fraction of sp³-hybridized carbons (Fsp3) is 0.674. The maximum Gasteiger partial charge on any atom is 0.472 e. The summed E-state index contributed by atoms with van der Waals surface area (Å²) in [5.74, 6) is -2.50. The number of hydrogen-bond donors (Lipinski definition) is 3. The van der Waals surface area contributed by atoms with E-state index in [-0.39, 0.29) is 19.4 Å². The molecule has 1 aliphatic rings. The van der Waals surface area contributed by atoms with Gasteiger partial charge in [-0.3, -0.25) is 23.4 Å². The summed E-state index contributed by atoms with van der Waals surface area (Å²) in [7, 11) is -4.74. The number of carboxylic acids is 1. The first-order chi connectivity index (χ1) is 28.6. The molecule has 13 heteroatoms. The first-order valence-corrected chi connectivity index (χ1v) is 23.6. The molecule has 0 aromatic carbocycles. The van der Waals surface area contributed by atoms with Gasteiger partial charge in [-0.05, 0) is 77.0 Å². The van der Waals surface area contributed by atoms with Crippen LogP contribution in [-0.4, -0.2) is 72.1 Å². The van der Waals surface area contributed by atoms with E-state index in [0.29, 0.717) is 31.5 Å². The van der Waals surface area contributed by atoms with E-state index in [9.17, 15) is 23.8 Å². The third-order valence-electron chi connectivity index (χ3n) is 9.35. The Bertz CT molecular complexity index is 1340. The van der Waals surface area contributed by atoms with Crippen molar-refractivity contribution in [3.05, 3.63) is 72.9 Å². The number of esters is 2. The van der Waals surface area contributed by atoms with Gasteiger partial charge >= 0.3 is 25.7 Å². The van der Waals surface area contributed by atoms with Gasteiger partial charge in [0.05, 0.1) is 25.4 Å². The number of phosphoric acid groups is 1. The van der Waals surface area contributed by atoms with Crippen LogP contribution in [-0.2, 0) is 42.2 Å². The van der Waals surface area contributed by atoms with Gasteiger partial charge in [-0.25, -0.2) is 4.57 Å². The average Bonchev–Trinajstić information content (AvgIpc) is 3.97. The number of epoxide rings is 1. The van der Waals surface area contributed by atoms with E-state index < -0.39 is 51.1 Å². The largest absolute Gasteiger partial charge is 0.480 e. The smallest absolute Gasteiger partial charge is 0.472 e. The fourth-order valence-corrected chi connectivity index (χ4v) is 6.55. The van der Waals surface area contributed by atoms with Crippen LogP contribution >= 0.6 is 7.82 Å². The van der Waals surface area contributed by atoms with Gasteiger partial charge in [0.2, 0.25) is 0 Å². The molecule has 0 spiro atoms. The summed E-state index contributed by atoms with van der Waals surface area (Å²) < 4.78 is 38.3. The standard InChI is InChI=1S/C46H76NO11P/c1-3-5-7-8-9-10-11-12-13-14-18-21-24-27-31-35-44(48)54-37-40(38-55-59(52,53)56-39-41(47)46(50)51)57-45(49)36-32-28-25-22-19-16-15-17-20-23-26-30-34-43-42(58-43)33-29-6-4-2/h6,10-11,16-17,19-20,25-26,28-30,40-43H,3-5,7-9,12-15,18,21-24,27,31-39,47H2,1-2H3,(H,50,51)(H,52,53)/b11-10-,19-16-,20-17-,28-25-,29-6-,30-26-/t40-,41+,42?,43?/m1/s1. The lowest BCUT2D eigenvalue weighted by Crippen LogP contribution is -2.34. The normalized spacial score (nSPS) is 17.8. The van der Waals surface area contributed by atoms with Crippen molar-refractivity contribution in [3.63, 3.8) is 0 Å². The predicted octanol–water partition coefficient (Wildman–Crippen LogP) is 10.7. The molecular weight excluding hydrogens is 773 g/mol. The summed E-state index contributed by atoms with van der Waals surface area (Å²) in [6.45, 7) is 2.58. The number of nitrogens with two attached hydrogens (primary N) is 1.